The summed E-state index contributed by atoms with van der Waals surface area (Å²) in [5.74, 6) is -0.427. The van der Waals surface area contributed by atoms with Gasteiger partial charge >= 0.3 is 5.97 Å². The van der Waals surface area contributed by atoms with E-state index in [1.54, 1.807) is 27.7 Å². The average Bonchev–Trinajstić information content (AvgIpc) is 2.86. The Hall–Kier alpha value is -3.56. The second kappa shape index (κ2) is 11.0. The van der Waals surface area contributed by atoms with Gasteiger partial charge in [-0.3, -0.25) is 4.72 Å². The zero-order valence-electron chi connectivity index (χ0n) is 25.3. The standard InChI is InChI=1S/C32H40N2O6S/c1-17-10-11-22(16-18(17)2)25-20(4)26(23-12-13-24-28(19(23)3)33-14-15-39-24)27(21(5)29(25)34-41(9,37)38)30(31(35)36)40-32(6,7)8/h10-13,16,30,33-34H,14-15H2,1-9H3,(H,35,36). The molecule has 0 amide bonds. The molecule has 0 saturated heterocycles. The van der Waals surface area contributed by atoms with Gasteiger partial charge < -0.3 is 19.9 Å². The number of fused-ring (bicyclic) bond motifs is 1. The van der Waals surface area contributed by atoms with Crippen LogP contribution in [0.2, 0.25) is 0 Å². The van der Waals surface area contributed by atoms with Crippen molar-refractivity contribution in [1.29, 1.82) is 0 Å². The summed E-state index contributed by atoms with van der Waals surface area (Å²) in [5.41, 5.74) is 8.13. The Bertz CT molecular complexity index is 1640. The first-order valence-electron chi connectivity index (χ1n) is 13.6. The number of anilines is 2. The highest BCUT2D eigenvalue weighted by Crippen LogP contribution is 2.49. The lowest BCUT2D eigenvalue weighted by atomic mass is 9.81. The number of hydrogen-bond donors (Lipinski definition) is 3. The van der Waals surface area contributed by atoms with Crippen LogP contribution in [-0.2, 0) is 19.6 Å². The van der Waals surface area contributed by atoms with Crippen LogP contribution in [0.25, 0.3) is 22.3 Å². The van der Waals surface area contributed by atoms with E-state index in [0.717, 1.165) is 51.1 Å². The number of carbonyl (C=O) groups is 1. The Kier molecular flexibility index (Phi) is 8.17. The first-order valence-corrected chi connectivity index (χ1v) is 15.5. The van der Waals surface area contributed by atoms with Crippen LogP contribution in [-0.4, -0.2) is 44.5 Å². The lowest BCUT2D eigenvalue weighted by Gasteiger charge is -2.32. The molecule has 0 fully saturated rings. The van der Waals surface area contributed by atoms with Crippen molar-refractivity contribution >= 4 is 27.4 Å². The summed E-state index contributed by atoms with van der Waals surface area (Å²) in [7, 11) is -3.73. The minimum Gasteiger partial charge on any atom is -0.490 e. The highest BCUT2D eigenvalue weighted by Gasteiger charge is 2.35. The summed E-state index contributed by atoms with van der Waals surface area (Å²) in [6.07, 6.45) is -0.267. The van der Waals surface area contributed by atoms with Crippen LogP contribution >= 0.6 is 0 Å². The number of sulfonamides is 1. The van der Waals surface area contributed by atoms with Gasteiger partial charge in [0.25, 0.3) is 0 Å². The lowest BCUT2D eigenvalue weighted by molar-refractivity contribution is -0.160. The molecule has 0 spiro atoms. The van der Waals surface area contributed by atoms with E-state index in [1.807, 2.05) is 58.0 Å². The van der Waals surface area contributed by atoms with Gasteiger partial charge in [0.15, 0.2) is 6.10 Å². The molecule has 1 aliphatic rings. The molecule has 4 rings (SSSR count). The van der Waals surface area contributed by atoms with Crippen LogP contribution in [0.1, 0.15) is 60.3 Å². The van der Waals surface area contributed by atoms with Gasteiger partial charge in [0.1, 0.15) is 12.4 Å². The van der Waals surface area contributed by atoms with Crippen LogP contribution in [0.5, 0.6) is 5.75 Å². The van der Waals surface area contributed by atoms with Gasteiger partial charge in [0.2, 0.25) is 10.0 Å². The minimum absolute atomic E-state index is 0.341. The van der Waals surface area contributed by atoms with Crippen molar-refractivity contribution in [2.75, 3.05) is 29.4 Å². The summed E-state index contributed by atoms with van der Waals surface area (Å²) in [6, 6.07) is 9.84. The van der Waals surface area contributed by atoms with Crippen molar-refractivity contribution in [2.45, 2.75) is 67.1 Å². The molecule has 0 saturated carbocycles. The SMILES string of the molecule is Cc1ccc(-c2c(C)c(-c3ccc4c(c3C)NCCO4)c(C(OC(C)(C)C)C(=O)O)c(C)c2NS(C)(=O)=O)cc1C. The number of hydrogen-bond acceptors (Lipinski definition) is 6. The molecule has 41 heavy (non-hydrogen) atoms. The fraction of sp³-hybridized carbons (Fsp3) is 0.406. The van der Waals surface area contributed by atoms with E-state index >= 15 is 0 Å². The molecule has 1 unspecified atom stereocenters. The molecule has 0 aromatic heterocycles. The van der Waals surface area contributed by atoms with E-state index in [-0.39, 0.29) is 0 Å². The Morgan fingerprint density at radius 1 is 1.00 bits per heavy atom. The number of aryl methyl sites for hydroxylation is 2. The van der Waals surface area contributed by atoms with Crippen molar-refractivity contribution in [1.82, 2.24) is 0 Å². The molecule has 0 radical (unpaired) electrons. The van der Waals surface area contributed by atoms with Crippen LogP contribution < -0.4 is 14.8 Å². The van der Waals surface area contributed by atoms with Crippen LogP contribution in [0.3, 0.4) is 0 Å². The number of benzene rings is 3. The fourth-order valence-electron chi connectivity index (χ4n) is 5.49. The number of aliphatic carboxylic acids is 1. The van der Waals surface area contributed by atoms with E-state index < -0.39 is 27.7 Å². The van der Waals surface area contributed by atoms with Crippen LogP contribution in [0.15, 0.2) is 30.3 Å². The smallest absolute Gasteiger partial charge is 0.337 e. The summed E-state index contributed by atoms with van der Waals surface area (Å²) >= 11 is 0. The molecule has 3 aromatic rings. The summed E-state index contributed by atoms with van der Waals surface area (Å²) in [5, 5.41) is 13.9. The average molecular weight is 581 g/mol. The molecular weight excluding hydrogens is 540 g/mol. The molecule has 220 valence electrons. The molecule has 3 N–H and O–H groups in total. The molecule has 3 aromatic carbocycles. The summed E-state index contributed by atoms with van der Waals surface area (Å²) in [4.78, 5) is 12.9. The number of nitrogens with one attached hydrogen (secondary N) is 2. The highest BCUT2D eigenvalue weighted by molar-refractivity contribution is 7.92. The normalized spacial score (nSPS) is 14.1. The Morgan fingerprint density at radius 2 is 1.68 bits per heavy atom. The maximum atomic E-state index is 12.9. The second-order valence-electron chi connectivity index (χ2n) is 11.8. The number of ether oxygens (including phenoxy) is 2. The van der Waals surface area contributed by atoms with Crippen molar-refractivity contribution in [3.63, 3.8) is 0 Å². The second-order valence-corrected chi connectivity index (χ2v) is 13.5. The monoisotopic (exact) mass is 580 g/mol. The maximum absolute atomic E-state index is 12.9. The van der Waals surface area contributed by atoms with E-state index in [0.29, 0.717) is 41.1 Å². The van der Waals surface area contributed by atoms with Gasteiger partial charge in [-0.2, -0.15) is 0 Å². The molecule has 0 bridgehead atoms. The molecule has 0 aliphatic carbocycles. The molecule has 1 aliphatic heterocycles. The van der Waals surface area contributed by atoms with Crippen LogP contribution in [0.4, 0.5) is 11.4 Å². The molecule has 9 heteroatoms. The van der Waals surface area contributed by atoms with Gasteiger partial charge in [0.05, 0.1) is 23.2 Å². The van der Waals surface area contributed by atoms with Gasteiger partial charge in [0, 0.05) is 17.7 Å². The first kappa shape index (κ1) is 30.4. The number of carboxylic acids is 1. The fourth-order valence-corrected chi connectivity index (χ4v) is 6.12. The van der Waals surface area contributed by atoms with E-state index in [2.05, 4.69) is 10.0 Å². The molecular formula is C32H40N2O6S. The van der Waals surface area contributed by atoms with Gasteiger partial charge in [-0.15, -0.1) is 0 Å². The predicted octanol–water partition coefficient (Wildman–Crippen LogP) is 6.68. The van der Waals surface area contributed by atoms with Gasteiger partial charge in [-0.1, -0.05) is 24.3 Å². The van der Waals surface area contributed by atoms with Crippen molar-refractivity contribution in [3.8, 4) is 28.0 Å². The van der Waals surface area contributed by atoms with Crippen molar-refractivity contribution < 1.29 is 27.8 Å². The quantitative estimate of drug-likeness (QED) is 0.286. The van der Waals surface area contributed by atoms with E-state index in [1.165, 1.54) is 0 Å². The maximum Gasteiger partial charge on any atom is 0.337 e. The zero-order chi connectivity index (χ0) is 30.4. The number of carboxylic acid groups (broad SMARTS) is 1. The van der Waals surface area contributed by atoms with Gasteiger partial charge in [-0.25, -0.2) is 13.2 Å². The first-order chi connectivity index (χ1) is 19.0. The number of rotatable bonds is 7. The molecule has 1 atom stereocenters. The predicted molar refractivity (Wildman–Crippen MR) is 165 cm³/mol. The third-order valence-corrected chi connectivity index (χ3v) is 8.02. The third-order valence-electron chi connectivity index (χ3n) is 7.45. The topological polar surface area (TPSA) is 114 Å². The minimum atomic E-state index is -3.73. The van der Waals surface area contributed by atoms with Crippen molar-refractivity contribution in [2.24, 2.45) is 0 Å². The van der Waals surface area contributed by atoms with Gasteiger partial charge in [-0.05, 0) is 106 Å². The summed E-state index contributed by atoms with van der Waals surface area (Å²) in [6.45, 7) is 16.3. The van der Waals surface area contributed by atoms with Crippen LogP contribution in [0, 0.1) is 34.6 Å². The third kappa shape index (κ3) is 6.21. The Balaban J connectivity index is 2.21. The Labute approximate surface area is 243 Å². The summed E-state index contributed by atoms with van der Waals surface area (Å²) < 4.78 is 40.2. The van der Waals surface area contributed by atoms with E-state index in [4.69, 9.17) is 9.47 Å². The van der Waals surface area contributed by atoms with E-state index in [9.17, 15) is 18.3 Å². The largest absolute Gasteiger partial charge is 0.490 e. The highest BCUT2D eigenvalue weighted by atomic mass is 32.2. The molecule has 1 heterocycles. The molecule has 8 nitrogen and oxygen atoms in total. The zero-order valence-corrected chi connectivity index (χ0v) is 26.1. The van der Waals surface area contributed by atoms with Crippen molar-refractivity contribution in [3.05, 3.63) is 63.7 Å². The Morgan fingerprint density at radius 3 is 2.27 bits per heavy atom. The lowest BCUT2D eigenvalue weighted by Crippen LogP contribution is -2.29.